The second-order valence-corrected chi connectivity index (χ2v) is 8.72. The summed E-state index contributed by atoms with van der Waals surface area (Å²) in [6.45, 7) is 3.49. The van der Waals surface area contributed by atoms with Gasteiger partial charge < -0.3 is 15.0 Å². The predicted molar refractivity (Wildman–Crippen MR) is 131 cm³/mol. The molecule has 6 nitrogen and oxygen atoms in total. The number of nitrogens with zero attached hydrogens (tertiary/aromatic N) is 3. The van der Waals surface area contributed by atoms with Crippen LogP contribution in [0.5, 0.6) is 5.75 Å². The summed E-state index contributed by atoms with van der Waals surface area (Å²) in [5.41, 5.74) is 9.25. The smallest absolute Gasteiger partial charge is 0.352 e. The summed E-state index contributed by atoms with van der Waals surface area (Å²) >= 11 is 3.13. The van der Waals surface area contributed by atoms with Gasteiger partial charge >= 0.3 is 5.17 Å². The standard InChI is InChI=1S/C23H27N5OS2/c1-17-19(16-28-13-12-26-23(28)30-2)10-6-11-20(17)29-14-7-15-31-22(25)27-21(24)18-8-4-3-5-9-18/h3-6,8-13H,7,14-16H2,1-2H3,(H3,24,25,27)/p+1. The summed E-state index contributed by atoms with van der Waals surface area (Å²) in [6, 6.07) is 15.8. The number of ether oxygens (including phenoxy) is 1. The third-order valence-corrected chi connectivity index (χ3v) is 6.28. The van der Waals surface area contributed by atoms with Gasteiger partial charge in [-0.2, -0.15) is 0 Å². The lowest BCUT2D eigenvalue weighted by atomic mass is 10.1. The topological polar surface area (TPSA) is 91.0 Å². The molecule has 0 radical (unpaired) electrons. The molecule has 0 amide bonds. The highest BCUT2D eigenvalue weighted by atomic mass is 32.2. The number of hydrogen-bond acceptors (Lipinski definition) is 4. The molecule has 0 saturated heterocycles. The maximum atomic E-state index is 6.03. The van der Waals surface area contributed by atoms with E-state index in [4.69, 9.17) is 15.9 Å². The monoisotopic (exact) mass is 454 g/mol. The molecule has 0 fully saturated rings. The van der Waals surface area contributed by atoms with Gasteiger partial charge in [-0.3, -0.25) is 5.41 Å². The van der Waals surface area contributed by atoms with Crippen molar-refractivity contribution in [2.75, 3.05) is 18.6 Å². The van der Waals surface area contributed by atoms with Gasteiger partial charge in [0.15, 0.2) is 5.16 Å². The van der Waals surface area contributed by atoms with Crippen LogP contribution >= 0.6 is 23.5 Å². The van der Waals surface area contributed by atoms with E-state index in [0.29, 0.717) is 17.6 Å². The molecule has 2 aromatic carbocycles. The van der Waals surface area contributed by atoms with Crippen molar-refractivity contribution in [2.24, 2.45) is 10.7 Å². The average Bonchev–Trinajstić information content (AvgIpc) is 3.23. The number of thioether (sulfide) groups is 2. The Morgan fingerprint density at radius 1 is 1.19 bits per heavy atom. The van der Waals surface area contributed by atoms with E-state index >= 15 is 0 Å². The van der Waals surface area contributed by atoms with Crippen molar-refractivity contribution in [3.8, 4) is 5.75 Å². The van der Waals surface area contributed by atoms with Gasteiger partial charge in [0, 0.05) is 30.3 Å². The Morgan fingerprint density at radius 3 is 2.77 bits per heavy atom. The van der Waals surface area contributed by atoms with E-state index in [2.05, 4.69) is 27.5 Å². The summed E-state index contributed by atoms with van der Waals surface area (Å²) in [7, 11) is 0. The summed E-state index contributed by atoms with van der Waals surface area (Å²) in [5, 5.41) is 7.47. The SMILES string of the molecule is CSc1nccn1Cc1cccc(OCCCSC(=[NH2+])/N=C(\N)c2ccccc2)c1C. The largest absolute Gasteiger partial charge is 0.493 e. The van der Waals surface area contributed by atoms with Crippen LogP contribution in [0.25, 0.3) is 0 Å². The Balaban J connectivity index is 1.46. The Bertz CT molecular complexity index is 1030. The number of nitrogens with two attached hydrogens (primary N) is 2. The van der Waals surface area contributed by atoms with Crippen molar-refractivity contribution >= 4 is 34.5 Å². The highest BCUT2D eigenvalue weighted by Crippen LogP contribution is 2.24. The van der Waals surface area contributed by atoms with Crippen molar-refractivity contribution in [1.29, 1.82) is 0 Å². The van der Waals surface area contributed by atoms with Crippen LogP contribution in [-0.2, 0) is 6.54 Å². The van der Waals surface area contributed by atoms with Crippen LogP contribution in [0.15, 0.2) is 71.1 Å². The minimum atomic E-state index is 0.428. The first-order chi connectivity index (χ1) is 15.1. The molecule has 0 aliphatic rings. The van der Waals surface area contributed by atoms with Crippen LogP contribution in [-0.4, -0.2) is 39.2 Å². The Labute approximate surface area is 191 Å². The van der Waals surface area contributed by atoms with Gasteiger partial charge in [-0.1, -0.05) is 42.1 Å². The van der Waals surface area contributed by atoms with E-state index in [-0.39, 0.29) is 0 Å². The van der Waals surface area contributed by atoms with E-state index in [1.165, 1.54) is 17.3 Å². The molecule has 1 heterocycles. The zero-order chi connectivity index (χ0) is 22.1. The van der Waals surface area contributed by atoms with E-state index in [1.54, 1.807) is 11.8 Å². The second kappa shape index (κ2) is 11.6. The molecule has 8 heteroatoms. The number of rotatable bonds is 9. The van der Waals surface area contributed by atoms with Gasteiger partial charge in [0.1, 0.15) is 5.75 Å². The minimum absolute atomic E-state index is 0.428. The molecule has 0 bridgehead atoms. The first-order valence-corrected chi connectivity index (χ1v) is 12.2. The highest BCUT2D eigenvalue weighted by molar-refractivity contribution is 8.13. The lowest BCUT2D eigenvalue weighted by Gasteiger charge is -2.14. The highest BCUT2D eigenvalue weighted by Gasteiger charge is 2.11. The lowest BCUT2D eigenvalue weighted by molar-refractivity contribution is -0.109. The molecule has 4 N–H and O–H groups in total. The molecule has 1 aromatic heterocycles. The number of aliphatic imine (C=N–C) groups is 1. The molecule has 31 heavy (non-hydrogen) atoms. The summed E-state index contributed by atoms with van der Waals surface area (Å²) < 4.78 is 8.18. The number of hydrogen-bond donors (Lipinski definition) is 2. The zero-order valence-corrected chi connectivity index (χ0v) is 19.5. The maximum absolute atomic E-state index is 6.03. The number of imidazole rings is 1. The number of aromatic nitrogens is 2. The normalized spacial score (nSPS) is 11.5. The molecule has 0 unspecified atom stereocenters. The van der Waals surface area contributed by atoms with E-state index in [0.717, 1.165) is 40.8 Å². The first kappa shape index (κ1) is 23.0. The van der Waals surface area contributed by atoms with Crippen molar-refractivity contribution in [3.05, 3.63) is 77.6 Å². The molecule has 3 aromatic rings. The van der Waals surface area contributed by atoms with Crippen LogP contribution in [0.4, 0.5) is 0 Å². The fraction of sp³-hybridized carbons (Fsp3) is 0.261. The fourth-order valence-electron chi connectivity index (χ4n) is 3.02. The predicted octanol–water partition coefficient (Wildman–Crippen LogP) is 2.98. The van der Waals surface area contributed by atoms with Gasteiger partial charge in [0.2, 0.25) is 5.84 Å². The second-order valence-electron chi connectivity index (χ2n) is 6.83. The van der Waals surface area contributed by atoms with Gasteiger partial charge in [-0.05, 0) is 65.7 Å². The fourth-order valence-corrected chi connectivity index (χ4v) is 4.18. The van der Waals surface area contributed by atoms with Crippen LogP contribution in [0, 0.1) is 6.92 Å². The van der Waals surface area contributed by atoms with Gasteiger partial charge in [-0.15, -0.1) is 0 Å². The van der Waals surface area contributed by atoms with Crippen molar-refractivity contribution < 1.29 is 10.1 Å². The molecule has 0 saturated carbocycles. The van der Waals surface area contributed by atoms with Crippen molar-refractivity contribution in [3.63, 3.8) is 0 Å². The van der Waals surface area contributed by atoms with Crippen LogP contribution in [0.1, 0.15) is 23.1 Å². The third kappa shape index (κ3) is 6.63. The first-order valence-electron chi connectivity index (χ1n) is 9.99. The van der Waals surface area contributed by atoms with Crippen LogP contribution < -0.4 is 15.9 Å². The summed E-state index contributed by atoms with van der Waals surface area (Å²) in [6.07, 6.45) is 6.73. The number of amidine groups is 2. The minimum Gasteiger partial charge on any atom is -0.493 e. The lowest BCUT2D eigenvalue weighted by Crippen LogP contribution is -2.38. The number of benzene rings is 2. The quantitative estimate of drug-likeness (QED) is 0.224. The molecular formula is C23H28N5OS2+. The Kier molecular flexibility index (Phi) is 8.61. The average molecular weight is 455 g/mol. The summed E-state index contributed by atoms with van der Waals surface area (Å²) in [5.74, 6) is 2.15. The molecular weight excluding hydrogens is 426 g/mol. The molecule has 0 spiro atoms. The van der Waals surface area contributed by atoms with Crippen LogP contribution in [0.2, 0.25) is 0 Å². The third-order valence-electron chi connectivity index (χ3n) is 4.69. The van der Waals surface area contributed by atoms with Crippen molar-refractivity contribution in [2.45, 2.75) is 25.0 Å². The van der Waals surface area contributed by atoms with E-state index in [9.17, 15) is 0 Å². The van der Waals surface area contributed by atoms with Crippen LogP contribution in [0.3, 0.4) is 0 Å². The molecule has 0 atom stereocenters. The molecule has 162 valence electrons. The molecule has 3 rings (SSSR count). The Hall–Kier alpha value is -2.71. The molecule has 0 aliphatic heterocycles. The van der Waals surface area contributed by atoms with Gasteiger partial charge in [0.25, 0.3) is 0 Å². The molecule has 0 aliphatic carbocycles. The summed E-state index contributed by atoms with van der Waals surface area (Å²) in [4.78, 5) is 8.65. The van der Waals surface area contributed by atoms with E-state index in [1.807, 2.05) is 61.1 Å². The van der Waals surface area contributed by atoms with Crippen molar-refractivity contribution in [1.82, 2.24) is 9.55 Å². The Morgan fingerprint density at radius 2 is 2.00 bits per heavy atom. The van der Waals surface area contributed by atoms with Gasteiger partial charge in [0.05, 0.1) is 6.61 Å². The maximum Gasteiger partial charge on any atom is 0.352 e. The van der Waals surface area contributed by atoms with Gasteiger partial charge in [-0.25, -0.2) is 4.98 Å². The zero-order valence-electron chi connectivity index (χ0n) is 17.8. The van der Waals surface area contributed by atoms with E-state index < -0.39 is 0 Å².